The molecule has 1 unspecified atom stereocenters. The topological polar surface area (TPSA) is 3.24 Å². The van der Waals surface area contributed by atoms with Gasteiger partial charge < -0.3 is 4.90 Å². The quantitative estimate of drug-likeness (QED) is 0.118. The van der Waals surface area contributed by atoms with Gasteiger partial charge in [-0.1, -0.05) is 212 Å². The second-order valence-electron chi connectivity index (χ2n) is 16.9. The molecule has 0 bridgehead atoms. The standard InChI is InChI=1S/C63H47N/c1-2-46(41-45-29-30-48-19-12-13-20-51(48)42-45)49-31-35-56(36-32-49)64(57-37-33-50(34-38-57)53-22-16-21-52(43-53)47-17-6-3-7-18-47)58-39-40-60-59-27-14-15-28-61(59)63(62(60)44-58,54-23-8-4-9-24-54)55-25-10-5-11-26-55/h2-40,42-44,46H,1,41H2. The molecule has 10 aromatic carbocycles. The van der Waals surface area contributed by atoms with E-state index in [1.165, 1.54) is 77.5 Å². The first-order valence-electron chi connectivity index (χ1n) is 22.3. The van der Waals surface area contributed by atoms with Gasteiger partial charge in [-0.2, -0.15) is 0 Å². The van der Waals surface area contributed by atoms with Crippen molar-refractivity contribution in [3.05, 3.63) is 295 Å². The number of allylic oxidation sites excluding steroid dienone is 1. The lowest BCUT2D eigenvalue weighted by molar-refractivity contribution is 0.768. The number of anilines is 3. The molecule has 0 aromatic heterocycles. The van der Waals surface area contributed by atoms with Crippen LogP contribution in [0, 0.1) is 0 Å². The predicted octanol–water partition coefficient (Wildman–Crippen LogP) is 16.5. The van der Waals surface area contributed by atoms with E-state index in [0.29, 0.717) is 0 Å². The SMILES string of the molecule is C=CC(Cc1ccc2ccccc2c1)c1ccc(N(c2ccc(-c3cccc(-c4ccccc4)c3)cc2)c2ccc3c(c2)C(c2ccccc2)(c2ccccc2)c2ccccc2-3)cc1. The molecule has 0 saturated carbocycles. The molecule has 11 rings (SSSR count). The van der Waals surface area contributed by atoms with Gasteiger partial charge in [0.15, 0.2) is 0 Å². The number of hydrogen-bond acceptors (Lipinski definition) is 1. The maximum absolute atomic E-state index is 4.31. The Balaban J connectivity index is 1.03. The second kappa shape index (κ2) is 16.7. The molecular weight excluding hydrogens is 771 g/mol. The summed E-state index contributed by atoms with van der Waals surface area (Å²) >= 11 is 0. The molecule has 0 spiro atoms. The Hall–Kier alpha value is -8.00. The van der Waals surface area contributed by atoms with Crippen molar-refractivity contribution in [2.45, 2.75) is 17.8 Å². The van der Waals surface area contributed by atoms with Crippen molar-refractivity contribution in [1.29, 1.82) is 0 Å². The molecular formula is C63H47N. The second-order valence-corrected chi connectivity index (χ2v) is 16.9. The third-order valence-electron chi connectivity index (χ3n) is 13.3. The van der Waals surface area contributed by atoms with E-state index in [0.717, 1.165) is 23.5 Å². The highest BCUT2D eigenvalue weighted by Gasteiger charge is 2.46. The van der Waals surface area contributed by atoms with Crippen molar-refractivity contribution < 1.29 is 0 Å². The molecule has 64 heavy (non-hydrogen) atoms. The average Bonchev–Trinajstić information content (AvgIpc) is 3.67. The van der Waals surface area contributed by atoms with E-state index in [1.54, 1.807) is 0 Å². The fourth-order valence-corrected chi connectivity index (χ4v) is 10.2. The van der Waals surface area contributed by atoms with E-state index < -0.39 is 5.41 Å². The van der Waals surface area contributed by atoms with E-state index in [1.807, 2.05) is 0 Å². The molecule has 10 aromatic rings. The summed E-state index contributed by atoms with van der Waals surface area (Å²) in [6.45, 7) is 4.31. The molecule has 1 atom stereocenters. The van der Waals surface area contributed by atoms with Gasteiger partial charge in [0, 0.05) is 23.0 Å². The molecule has 0 amide bonds. The lowest BCUT2D eigenvalue weighted by Crippen LogP contribution is -2.28. The Labute approximate surface area is 376 Å². The summed E-state index contributed by atoms with van der Waals surface area (Å²) in [5, 5.41) is 2.53. The zero-order valence-electron chi connectivity index (χ0n) is 35.7. The first-order valence-corrected chi connectivity index (χ1v) is 22.3. The molecule has 0 N–H and O–H groups in total. The van der Waals surface area contributed by atoms with Crippen LogP contribution >= 0.6 is 0 Å². The number of benzene rings is 10. The van der Waals surface area contributed by atoms with Crippen LogP contribution in [-0.4, -0.2) is 0 Å². The summed E-state index contributed by atoms with van der Waals surface area (Å²) in [7, 11) is 0. The van der Waals surface area contributed by atoms with Crippen molar-refractivity contribution in [3.8, 4) is 33.4 Å². The lowest BCUT2D eigenvalue weighted by atomic mass is 9.67. The van der Waals surface area contributed by atoms with Crippen molar-refractivity contribution in [1.82, 2.24) is 0 Å². The summed E-state index contributed by atoms with van der Waals surface area (Å²) in [5.74, 6) is 0.172. The molecule has 0 aliphatic heterocycles. The maximum Gasteiger partial charge on any atom is 0.0714 e. The van der Waals surface area contributed by atoms with Crippen LogP contribution in [0.1, 0.15) is 39.3 Å². The number of fused-ring (bicyclic) bond motifs is 4. The zero-order valence-corrected chi connectivity index (χ0v) is 35.7. The number of nitrogens with zero attached hydrogens (tertiary/aromatic N) is 1. The predicted molar refractivity (Wildman–Crippen MR) is 270 cm³/mol. The third kappa shape index (κ3) is 6.93. The summed E-state index contributed by atoms with van der Waals surface area (Å²) in [6, 6.07) is 91.2. The monoisotopic (exact) mass is 817 g/mol. The summed E-state index contributed by atoms with van der Waals surface area (Å²) in [4.78, 5) is 2.42. The first-order chi connectivity index (χ1) is 31.7. The van der Waals surface area contributed by atoms with Crippen LogP contribution in [0.25, 0.3) is 44.2 Å². The lowest BCUT2D eigenvalue weighted by Gasteiger charge is -2.35. The Morgan fingerprint density at radius 2 is 0.922 bits per heavy atom. The Morgan fingerprint density at radius 3 is 1.59 bits per heavy atom. The van der Waals surface area contributed by atoms with Gasteiger partial charge in [-0.05, 0) is 126 Å². The Kier molecular flexibility index (Phi) is 10.1. The molecule has 1 aliphatic rings. The van der Waals surface area contributed by atoms with Crippen LogP contribution in [0.4, 0.5) is 17.1 Å². The minimum absolute atomic E-state index is 0.172. The highest BCUT2D eigenvalue weighted by atomic mass is 15.1. The average molecular weight is 818 g/mol. The fraction of sp³-hybridized carbons (Fsp3) is 0.0476. The van der Waals surface area contributed by atoms with Gasteiger partial charge in [-0.3, -0.25) is 0 Å². The molecule has 0 saturated heterocycles. The molecule has 0 radical (unpaired) electrons. The van der Waals surface area contributed by atoms with Crippen LogP contribution in [0.5, 0.6) is 0 Å². The maximum atomic E-state index is 4.31. The van der Waals surface area contributed by atoms with Gasteiger partial charge in [0.1, 0.15) is 0 Å². The largest absolute Gasteiger partial charge is 0.310 e. The van der Waals surface area contributed by atoms with E-state index in [4.69, 9.17) is 0 Å². The van der Waals surface area contributed by atoms with Crippen molar-refractivity contribution in [2.75, 3.05) is 4.90 Å². The molecule has 304 valence electrons. The first kappa shape index (κ1) is 38.9. The summed E-state index contributed by atoms with van der Waals surface area (Å²) < 4.78 is 0. The van der Waals surface area contributed by atoms with Gasteiger partial charge in [0.2, 0.25) is 0 Å². The Morgan fingerprint density at radius 1 is 0.391 bits per heavy atom. The minimum atomic E-state index is -0.506. The number of hydrogen-bond donors (Lipinski definition) is 0. The highest BCUT2D eigenvalue weighted by Crippen LogP contribution is 2.57. The fourth-order valence-electron chi connectivity index (χ4n) is 10.2. The van der Waals surface area contributed by atoms with Gasteiger partial charge in [-0.15, -0.1) is 6.58 Å². The van der Waals surface area contributed by atoms with E-state index >= 15 is 0 Å². The molecule has 1 aliphatic carbocycles. The van der Waals surface area contributed by atoms with Crippen LogP contribution < -0.4 is 4.90 Å². The Bertz CT molecular complexity index is 3200. The molecule has 0 heterocycles. The van der Waals surface area contributed by atoms with Crippen LogP contribution in [-0.2, 0) is 11.8 Å². The van der Waals surface area contributed by atoms with E-state index in [9.17, 15) is 0 Å². The summed E-state index contributed by atoms with van der Waals surface area (Å²) in [6.07, 6.45) is 2.98. The van der Waals surface area contributed by atoms with E-state index in [-0.39, 0.29) is 5.92 Å². The highest BCUT2D eigenvalue weighted by molar-refractivity contribution is 5.90. The van der Waals surface area contributed by atoms with Crippen LogP contribution in [0.3, 0.4) is 0 Å². The van der Waals surface area contributed by atoms with Crippen molar-refractivity contribution in [3.63, 3.8) is 0 Å². The molecule has 1 heteroatoms. The smallest absolute Gasteiger partial charge is 0.0714 e. The molecule has 0 fully saturated rings. The van der Waals surface area contributed by atoms with Crippen LogP contribution in [0.2, 0.25) is 0 Å². The normalized spacial score (nSPS) is 12.9. The van der Waals surface area contributed by atoms with E-state index in [2.05, 4.69) is 266 Å². The van der Waals surface area contributed by atoms with Gasteiger partial charge >= 0.3 is 0 Å². The number of rotatable bonds is 11. The van der Waals surface area contributed by atoms with Crippen LogP contribution in [0.15, 0.2) is 261 Å². The third-order valence-corrected chi connectivity index (χ3v) is 13.3. The molecule has 1 nitrogen and oxygen atoms in total. The van der Waals surface area contributed by atoms with Gasteiger partial charge in [-0.25, -0.2) is 0 Å². The zero-order chi connectivity index (χ0) is 42.9. The van der Waals surface area contributed by atoms with Crippen molar-refractivity contribution >= 4 is 27.8 Å². The van der Waals surface area contributed by atoms with Crippen molar-refractivity contribution in [2.24, 2.45) is 0 Å². The summed E-state index contributed by atoms with van der Waals surface area (Å²) in [5.41, 5.74) is 17.8. The van der Waals surface area contributed by atoms with Gasteiger partial charge in [0.25, 0.3) is 0 Å². The minimum Gasteiger partial charge on any atom is -0.310 e. The van der Waals surface area contributed by atoms with Gasteiger partial charge in [0.05, 0.1) is 5.41 Å².